The van der Waals surface area contributed by atoms with E-state index in [2.05, 4.69) is 20.5 Å². The number of nitrogens with zero attached hydrogens (tertiary/aromatic N) is 1. The Hall–Kier alpha value is -1.73. The third-order valence-corrected chi connectivity index (χ3v) is 5.36. The van der Waals surface area contributed by atoms with E-state index in [1.54, 1.807) is 6.20 Å². The molecule has 0 amide bonds. The fourth-order valence-corrected chi connectivity index (χ4v) is 3.53. The molecule has 8 heteroatoms. The molecular weight excluding hydrogens is 375 g/mol. The number of rotatable bonds is 4. The van der Waals surface area contributed by atoms with Crippen LogP contribution in [0.25, 0.3) is 22.0 Å². The smallest absolute Gasteiger partial charge is 0.162 e. The zero-order chi connectivity index (χ0) is 18.3. The van der Waals surface area contributed by atoms with Gasteiger partial charge in [0, 0.05) is 47.1 Å². The SMILES string of the molecule is CC1(C)OCC(CNc2cc(Cl)c(Cl)c3[nH]cc(-c4cn[nH]c4)c23)CO1. The monoisotopic (exact) mass is 394 g/mol. The van der Waals surface area contributed by atoms with Crippen LogP contribution in [0.2, 0.25) is 10.0 Å². The summed E-state index contributed by atoms with van der Waals surface area (Å²) in [6.45, 7) is 5.85. The van der Waals surface area contributed by atoms with Gasteiger partial charge in [0.25, 0.3) is 0 Å². The summed E-state index contributed by atoms with van der Waals surface area (Å²) in [5.41, 5.74) is 3.70. The minimum atomic E-state index is -0.511. The van der Waals surface area contributed by atoms with Crippen LogP contribution in [0.5, 0.6) is 0 Å². The summed E-state index contributed by atoms with van der Waals surface area (Å²) in [4.78, 5) is 3.23. The van der Waals surface area contributed by atoms with Crippen LogP contribution in [-0.4, -0.2) is 40.7 Å². The van der Waals surface area contributed by atoms with Gasteiger partial charge in [0.15, 0.2) is 5.79 Å². The quantitative estimate of drug-likeness (QED) is 0.600. The molecule has 1 aliphatic heterocycles. The van der Waals surface area contributed by atoms with Gasteiger partial charge in [-0.2, -0.15) is 5.10 Å². The standard InChI is InChI=1S/C18H20Cl2N4O2/c1-18(2)25-8-10(9-26-18)4-21-14-3-13(19)16(20)17-15(14)12(7-22-17)11-5-23-24-6-11/h3,5-7,10,21-22H,4,8-9H2,1-2H3,(H,23,24). The molecule has 0 bridgehead atoms. The number of anilines is 1. The first-order valence-corrected chi connectivity index (χ1v) is 9.20. The minimum absolute atomic E-state index is 0.254. The summed E-state index contributed by atoms with van der Waals surface area (Å²) in [7, 11) is 0. The molecule has 0 saturated carbocycles. The van der Waals surface area contributed by atoms with Crippen molar-refractivity contribution in [3.8, 4) is 11.1 Å². The molecule has 6 nitrogen and oxygen atoms in total. The van der Waals surface area contributed by atoms with Gasteiger partial charge in [0.2, 0.25) is 0 Å². The first-order chi connectivity index (χ1) is 12.4. The maximum absolute atomic E-state index is 6.40. The van der Waals surface area contributed by atoms with Gasteiger partial charge in [-0.05, 0) is 19.9 Å². The molecule has 138 valence electrons. The number of hydrogen-bond acceptors (Lipinski definition) is 4. The van der Waals surface area contributed by atoms with Gasteiger partial charge in [0.05, 0.1) is 35.0 Å². The van der Waals surface area contributed by atoms with Crippen LogP contribution in [0.4, 0.5) is 5.69 Å². The normalized spacial score (nSPS) is 17.7. The Bertz CT molecular complexity index is 911. The van der Waals surface area contributed by atoms with E-state index >= 15 is 0 Å². The summed E-state index contributed by atoms with van der Waals surface area (Å²) in [5, 5.41) is 12.4. The minimum Gasteiger partial charge on any atom is -0.384 e. The average molecular weight is 395 g/mol. The van der Waals surface area contributed by atoms with Gasteiger partial charge in [-0.25, -0.2) is 0 Å². The second-order valence-electron chi connectivity index (χ2n) is 6.93. The molecule has 1 aliphatic rings. The number of aromatic nitrogens is 3. The van der Waals surface area contributed by atoms with Crippen molar-refractivity contribution in [2.45, 2.75) is 19.6 Å². The Morgan fingerprint density at radius 2 is 2.04 bits per heavy atom. The highest BCUT2D eigenvalue weighted by molar-refractivity contribution is 6.46. The third-order valence-electron chi connectivity index (χ3n) is 4.57. The fraction of sp³-hybridized carbons (Fsp3) is 0.389. The van der Waals surface area contributed by atoms with E-state index in [0.717, 1.165) is 27.7 Å². The van der Waals surface area contributed by atoms with Crippen molar-refractivity contribution < 1.29 is 9.47 Å². The largest absolute Gasteiger partial charge is 0.384 e. The Kier molecular flexibility index (Phi) is 4.61. The Labute approximate surface area is 161 Å². The van der Waals surface area contributed by atoms with Gasteiger partial charge >= 0.3 is 0 Å². The summed E-state index contributed by atoms with van der Waals surface area (Å²) < 4.78 is 11.5. The number of fused-ring (bicyclic) bond motifs is 1. The zero-order valence-corrected chi connectivity index (χ0v) is 16.0. The van der Waals surface area contributed by atoms with Crippen LogP contribution in [0.1, 0.15) is 13.8 Å². The molecule has 2 aromatic heterocycles. The lowest BCUT2D eigenvalue weighted by Gasteiger charge is -2.35. The predicted molar refractivity (Wildman–Crippen MR) is 104 cm³/mol. The van der Waals surface area contributed by atoms with Crippen molar-refractivity contribution in [3.63, 3.8) is 0 Å². The third kappa shape index (κ3) is 3.30. The molecular formula is C18H20Cl2N4O2. The van der Waals surface area contributed by atoms with Crippen LogP contribution in [0.15, 0.2) is 24.7 Å². The Morgan fingerprint density at radius 3 is 2.73 bits per heavy atom. The number of H-pyrrole nitrogens is 2. The Balaban J connectivity index is 1.64. The number of hydrogen-bond donors (Lipinski definition) is 3. The first-order valence-electron chi connectivity index (χ1n) is 8.44. The molecule has 3 aromatic rings. The fourth-order valence-electron chi connectivity index (χ4n) is 3.12. The second kappa shape index (κ2) is 6.78. The average Bonchev–Trinajstić information content (AvgIpc) is 3.27. The molecule has 1 saturated heterocycles. The molecule has 1 aromatic carbocycles. The van der Waals surface area contributed by atoms with E-state index in [1.807, 2.05) is 32.3 Å². The van der Waals surface area contributed by atoms with E-state index in [-0.39, 0.29) is 5.92 Å². The van der Waals surface area contributed by atoms with Crippen molar-refractivity contribution in [3.05, 3.63) is 34.7 Å². The van der Waals surface area contributed by atoms with Crippen molar-refractivity contribution in [1.82, 2.24) is 15.2 Å². The maximum atomic E-state index is 6.40. The highest BCUT2D eigenvalue weighted by atomic mass is 35.5. The molecule has 3 heterocycles. The first kappa shape index (κ1) is 17.7. The molecule has 0 unspecified atom stereocenters. The predicted octanol–water partition coefficient (Wildman–Crippen LogP) is 4.68. The van der Waals surface area contributed by atoms with Crippen LogP contribution in [0, 0.1) is 5.92 Å². The van der Waals surface area contributed by atoms with Gasteiger partial charge in [-0.1, -0.05) is 23.2 Å². The second-order valence-corrected chi connectivity index (χ2v) is 7.71. The maximum Gasteiger partial charge on any atom is 0.162 e. The topological polar surface area (TPSA) is 75.0 Å². The zero-order valence-electron chi connectivity index (χ0n) is 14.5. The van der Waals surface area contributed by atoms with Gasteiger partial charge in [-0.15, -0.1) is 0 Å². The summed E-state index contributed by atoms with van der Waals surface area (Å²) >= 11 is 12.7. The number of aromatic amines is 2. The van der Waals surface area contributed by atoms with Gasteiger partial charge in [0.1, 0.15) is 0 Å². The van der Waals surface area contributed by atoms with Crippen LogP contribution >= 0.6 is 23.2 Å². The lowest BCUT2D eigenvalue weighted by molar-refractivity contribution is -0.260. The van der Waals surface area contributed by atoms with E-state index in [1.165, 1.54) is 0 Å². The molecule has 1 fully saturated rings. The van der Waals surface area contributed by atoms with Crippen molar-refractivity contribution in [2.75, 3.05) is 25.1 Å². The van der Waals surface area contributed by atoms with E-state index in [4.69, 9.17) is 32.7 Å². The lowest BCUT2D eigenvalue weighted by atomic mass is 10.1. The van der Waals surface area contributed by atoms with E-state index in [0.29, 0.717) is 29.8 Å². The van der Waals surface area contributed by atoms with Crippen LogP contribution in [-0.2, 0) is 9.47 Å². The number of nitrogens with one attached hydrogen (secondary N) is 3. The molecule has 3 N–H and O–H groups in total. The van der Waals surface area contributed by atoms with Crippen LogP contribution in [0.3, 0.4) is 0 Å². The van der Waals surface area contributed by atoms with Gasteiger partial charge in [-0.3, -0.25) is 5.10 Å². The van der Waals surface area contributed by atoms with E-state index < -0.39 is 5.79 Å². The van der Waals surface area contributed by atoms with Crippen LogP contribution < -0.4 is 5.32 Å². The summed E-state index contributed by atoms with van der Waals surface area (Å²) in [5.74, 6) is -0.258. The molecule has 4 rings (SSSR count). The highest BCUT2D eigenvalue weighted by Crippen LogP contribution is 2.41. The molecule has 26 heavy (non-hydrogen) atoms. The van der Waals surface area contributed by atoms with Crippen molar-refractivity contribution in [1.29, 1.82) is 0 Å². The van der Waals surface area contributed by atoms with Gasteiger partial charge < -0.3 is 19.8 Å². The van der Waals surface area contributed by atoms with Crippen molar-refractivity contribution >= 4 is 39.8 Å². The number of halogens is 2. The number of ether oxygens (including phenoxy) is 2. The Morgan fingerprint density at radius 1 is 1.27 bits per heavy atom. The lowest BCUT2D eigenvalue weighted by Crippen LogP contribution is -2.41. The van der Waals surface area contributed by atoms with E-state index in [9.17, 15) is 0 Å². The van der Waals surface area contributed by atoms with Crippen molar-refractivity contribution in [2.24, 2.45) is 5.92 Å². The molecule has 0 aliphatic carbocycles. The summed E-state index contributed by atoms with van der Waals surface area (Å²) in [6, 6.07) is 1.86. The molecule has 0 atom stereocenters. The molecule has 0 spiro atoms. The summed E-state index contributed by atoms with van der Waals surface area (Å²) in [6.07, 6.45) is 5.54. The highest BCUT2D eigenvalue weighted by Gasteiger charge is 2.28. The number of benzene rings is 1. The molecule has 0 radical (unpaired) electrons.